The van der Waals surface area contributed by atoms with E-state index in [4.69, 9.17) is 0 Å². The van der Waals surface area contributed by atoms with E-state index in [9.17, 15) is 17.6 Å². The second-order valence-corrected chi connectivity index (χ2v) is 3.77. The van der Waals surface area contributed by atoms with Gasteiger partial charge in [0.1, 0.15) is 11.6 Å². The predicted molar refractivity (Wildman–Crippen MR) is 46.7 cm³/mol. The summed E-state index contributed by atoms with van der Waals surface area (Å²) in [5, 5.41) is 0. The van der Waals surface area contributed by atoms with Crippen LogP contribution in [0.25, 0.3) is 0 Å². The minimum atomic E-state index is -2.94. The predicted octanol–water partition coefficient (Wildman–Crippen LogP) is 4.43. The fourth-order valence-corrected chi connectivity index (χ4v) is 2.02. The molecule has 1 rings (SSSR count). The van der Waals surface area contributed by atoms with E-state index in [2.05, 4.69) is 31.9 Å². The molecule has 0 spiro atoms. The lowest BCUT2D eigenvalue weighted by atomic mass is 10.2. The average molecular weight is 322 g/mol. The first kappa shape index (κ1) is 11.0. The van der Waals surface area contributed by atoms with E-state index in [1.54, 1.807) is 0 Å². The number of alkyl halides is 2. The molecule has 0 N–H and O–H groups in total. The molecule has 1 aromatic rings. The molecule has 0 unspecified atom stereocenters. The van der Waals surface area contributed by atoms with Gasteiger partial charge in [0.2, 0.25) is 0 Å². The lowest BCUT2D eigenvalue weighted by Crippen LogP contribution is -1.95. The summed E-state index contributed by atoms with van der Waals surface area (Å²) >= 11 is 5.23. The van der Waals surface area contributed by atoms with Crippen LogP contribution in [0, 0.1) is 11.6 Å². The molecule has 0 atom stereocenters. The van der Waals surface area contributed by atoms with Crippen LogP contribution in [0.5, 0.6) is 0 Å². The maximum absolute atomic E-state index is 12.7. The molecule has 0 aliphatic carbocycles. The van der Waals surface area contributed by atoms with Gasteiger partial charge in [-0.25, -0.2) is 17.6 Å². The summed E-state index contributed by atoms with van der Waals surface area (Å²) in [5.41, 5.74) is -0.711. The Morgan fingerprint density at radius 2 is 1.38 bits per heavy atom. The van der Waals surface area contributed by atoms with Gasteiger partial charge in [-0.05, 0) is 31.9 Å². The topological polar surface area (TPSA) is 0 Å². The average Bonchev–Trinajstić information content (AvgIpc) is 2.01. The highest BCUT2D eigenvalue weighted by atomic mass is 79.9. The molecule has 6 heteroatoms. The third-order valence-electron chi connectivity index (χ3n) is 1.36. The van der Waals surface area contributed by atoms with Crippen molar-refractivity contribution >= 4 is 31.9 Å². The summed E-state index contributed by atoms with van der Waals surface area (Å²) in [6.45, 7) is 0. The highest BCUT2D eigenvalue weighted by Crippen LogP contribution is 2.37. The van der Waals surface area contributed by atoms with Gasteiger partial charge in [-0.1, -0.05) is 0 Å². The molecule has 1 aromatic carbocycles. The molecule has 0 nitrogen and oxygen atoms in total. The van der Waals surface area contributed by atoms with E-state index >= 15 is 0 Å². The van der Waals surface area contributed by atoms with Gasteiger partial charge in [0.25, 0.3) is 6.43 Å². The van der Waals surface area contributed by atoms with Crippen molar-refractivity contribution in [1.29, 1.82) is 0 Å². The highest BCUT2D eigenvalue weighted by Gasteiger charge is 2.21. The number of hydrogen-bond donors (Lipinski definition) is 0. The lowest BCUT2D eigenvalue weighted by Gasteiger charge is -2.07. The Balaban J connectivity index is 3.46. The molecule has 0 saturated heterocycles. The van der Waals surface area contributed by atoms with Crippen LogP contribution in [0.3, 0.4) is 0 Å². The summed E-state index contributed by atoms with van der Waals surface area (Å²) in [5.74, 6) is -2.09. The second-order valence-electron chi connectivity index (χ2n) is 2.18. The summed E-state index contributed by atoms with van der Waals surface area (Å²) < 4.78 is 49.1. The Labute approximate surface area is 88.2 Å². The Bertz CT molecular complexity index is 312. The number of rotatable bonds is 1. The van der Waals surface area contributed by atoms with E-state index in [1.807, 2.05) is 0 Å². The molecular formula is C7H2Br2F4. The van der Waals surface area contributed by atoms with E-state index in [0.717, 1.165) is 0 Å². The van der Waals surface area contributed by atoms with Crippen molar-refractivity contribution in [3.63, 3.8) is 0 Å². The van der Waals surface area contributed by atoms with Gasteiger partial charge in [-0.2, -0.15) is 0 Å². The van der Waals surface area contributed by atoms with E-state index in [0.29, 0.717) is 6.07 Å². The highest BCUT2D eigenvalue weighted by molar-refractivity contribution is 9.11. The Hall–Kier alpha value is -0.100. The molecule has 0 saturated carbocycles. The monoisotopic (exact) mass is 320 g/mol. The largest absolute Gasteiger partial charge is 0.266 e. The van der Waals surface area contributed by atoms with Gasteiger partial charge in [-0.3, -0.25) is 0 Å². The molecule has 0 fully saturated rings. The number of halogens is 6. The van der Waals surface area contributed by atoms with Crippen LogP contribution in [0.15, 0.2) is 15.0 Å². The van der Waals surface area contributed by atoms with E-state index in [1.165, 1.54) is 0 Å². The smallest absolute Gasteiger partial charge is 0.206 e. The summed E-state index contributed by atoms with van der Waals surface area (Å²) in [4.78, 5) is 0. The van der Waals surface area contributed by atoms with Crippen LogP contribution in [0.1, 0.15) is 12.0 Å². The first-order chi connectivity index (χ1) is 5.95. The van der Waals surface area contributed by atoms with Crippen molar-refractivity contribution in [2.45, 2.75) is 6.43 Å². The van der Waals surface area contributed by atoms with Crippen molar-refractivity contribution in [3.8, 4) is 0 Å². The van der Waals surface area contributed by atoms with Crippen molar-refractivity contribution in [2.24, 2.45) is 0 Å². The Morgan fingerprint density at radius 1 is 1.00 bits per heavy atom. The number of benzene rings is 1. The molecular weight excluding hydrogens is 320 g/mol. The van der Waals surface area contributed by atoms with Crippen LogP contribution in [0.2, 0.25) is 0 Å². The summed E-state index contributed by atoms with van der Waals surface area (Å²) in [6.07, 6.45) is -2.94. The SMILES string of the molecule is Fc1cc(F)c(Br)c(C(F)F)c1Br. The first-order valence-corrected chi connectivity index (χ1v) is 4.64. The maximum Gasteiger partial charge on any atom is 0.266 e. The fourth-order valence-electron chi connectivity index (χ4n) is 0.783. The molecule has 0 aliphatic heterocycles. The molecule has 0 amide bonds. The third kappa shape index (κ3) is 2.04. The molecule has 0 radical (unpaired) electrons. The fraction of sp³-hybridized carbons (Fsp3) is 0.143. The van der Waals surface area contributed by atoms with Crippen LogP contribution in [-0.4, -0.2) is 0 Å². The Morgan fingerprint density at radius 3 is 1.69 bits per heavy atom. The molecule has 0 heterocycles. The second kappa shape index (κ2) is 3.96. The van der Waals surface area contributed by atoms with Crippen molar-refractivity contribution in [3.05, 3.63) is 32.2 Å². The molecule has 0 bridgehead atoms. The molecule has 0 aliphatic rings. The molecule has 72 valence electrons. The van der Waals surface area contributed by atoms with Gasteiger partial charge in [0.05, 0.1) is 14.5 Å². The minimum Gasteiger partial charge on any atom is -0.206 e. The maximum atomic E-state index is 12.7. The van der Waals surface area contributed by atoms with Crippen molar-refractivity contribution in [2.75, 3.05) is 0 Å². The van der Waals surface area contributed by atoms with E-state index < -0.39 is 32.6 Å². The van der Waals surface area contributed by atoms with Crippen molar-refractivity contribution in [1.82, 2.24) is 0 Å². The summed E-state index contributed by atoms with van der Waals surface area (Å²) in [6, 6.07) is 0.528. The zero-order chi connectivity index (χ0) is 10.2. The molecule has 0 aromatic heterocycles. The van der Waals surface area contributed by atoms with Gasteiger partial charge < -0.3 is 0 Å². The zero-order valence-electron chi connectivity index (χ0n) is 5.92. The van der Waals surface area contributed by atoms with Crippen molar-refractivity contribution < 1.29 is 17.6 Å². The van der Waals surface area contributed by atoms with E-state index in [-0.39, 0.29) is 0 Å². The van der Waals surface area contributed by atoms with Gasteiger partial charge >= 0.3 is 0 Å². The lowest BCUT2D eigenvalue weighted by molar-refractivity contribution is 0.148. The molecule has 13 heavy (non-hydrogen) atoms. The van der Waals surface area contributed by atoms with Gasteiger partial charge in [0, 0.05) is 6.07 Å². The number of hydrogen-bond acceptors (Lipinski definition) is 0. The first-order valence-electron chi connectivity index (χ1n) is 3.06. The quantitative estimate of drug-likeness (QED) is 0.530. The third-order valence-corrected chi connectivity index (χ3v) is 2.98. The van der Waals surface area contributed by atoms with Gasteiger partial charge in [0.15, 0.2) is 0 Å². The minimum absolute atomic E-state index is 0.421. The van der Waals surface area contributed by atoms with Crippen LogP contribution in [0.4, 0.5) is 17.6 Å². The zero-order valence-corrected chi connectivity index (χ0v) is 9.09. The standard InChI is InChI=1S/C7H2Br2F4/c8-5-2(10)1-3(11)6(9)4(5)7(12)13/h1,7H. The Kier molecular flexibility index (Phi) is 3.34. The van der Waals surface area contributed by atoms with Gasteiger partial charge in [-0.15, -0.1) is 0 Å². The normalized spacial score (nSPS) is 11.0. The van der Waals surface area contributed by atoms with Crippen LogP contribution in [-0.2, 0) is 0 Å². The van der Waals surface area contributed by atoms with Crippen LogP contribution >= 0.6 is 31.9 Å². The summed E-state index contributed by atoms with van der Waals surface area (Å²) in [7, 11) is 0. The van der Waals surface area contributed by atoms with Crippen LogP contribution < -0.4 is 0 Å².